The molecule has 1 saturated heterocycles. The van der Waals surface area contributed by atoms with Crippen molar-refractivity contribution in [1.82, 2.24) is 9.80 Å². The number of hydrogen-bond donors (Lipinski definition) is 1. The summed E-state index contributed by atoms with van der Waals surface area (Å²) in [6.07, 6.45) is 0. The Hall–Kier alpha value is -3.36. The zero-order valence-electron chi connectivity index (χ0n) is 19.0. The monoisotopic (exact) mass is 451 g/mol. The SMILES string of the molecule is CCOc1ccc(C2=C(Nc3cccc(OC)c3)C(=O)N(CCN3CCOCC3)C2=O)cc1. The molecule has 33 heavy (non-hydrogen) atoms. The van der Waals surface area contributed by atoms with Crippen molar-refractivity contribution in [3.8, 4) is 11.5 Å². The van der Waals surface area contributed by atoms with Gasteiger partial charge in [-0.15, -0.1) is 0 Å². The molecule has 1 N–H and O–H groups in total. The number of rotatable bonds is 9. The Balaban J connectivity index is 1.62. The van der Waals surface area contributed by atoms with Gasteiger partial charge in [-0.2, -0.15) is 0 Å². The number of ether oxygens (including phenoxy) is 3. The zero-order chi connectivity index (χ0) is 23.2. The first-order valence-corrected chi connectivity index (χ1v) is 11.2. The van der Waals surface area contributed by atoms with E-state index in [4.69, 9.17) is 14.2 Å². The number of amides is 2. The van der Waals surface area contributed by atoms with Gasteiger partial charge in [0.2, 0.25) is 0 Å². The maximum atomic E-state index is 13.4. The fourth-order valence-corrected chi connectivity index (χ4v) is 3.96. The average molecular weight is 452 g/mol. The fourth-order valence-electron chi connectivity index (χ4n) is 3.96. The smallest absolute Gasteiger partial charge is 0.278 e. The van der Waals surface area contributed by atoms with Gasteiger partial charge >= 0.3 is 0 Å². The van der Waals surface area contributed by atoms with Crippen LogP contribution in [0.15, 0.2) is 54.2 Å². The molecule has 0 atom stereocenters. The van der Waals surface area contributed by atoms with E-state index in [9.17, 15) is 9.59 Å². The number of methoxy groups -OCH3 is 1. The molecule has 4 rings (SSSR count). The van der Waals surface area contributed by atoms with Crippen LogP contribution in [0.1, 0.15) is 12.5 Å². The topological polar surface area (TPSA) is 80.3 Å². The van der Waals surface area contributed by atoms with Gasteiger partial charge in [-0.3, -0.25) is 19.4 Å². The second kappa shape index (κ2) is 10.5. The van der Waals surface area contributed by atoms with Gasteiger partial charge in [-0.05, 0) is 36.8 Å². The number of nitrogens with one attached hydrogen (secondary N) is 1. The molecule has 0 radical (unpaired) electrons. The van der Waals surface area contributed by atoms with Gasteiger partial charge in [0.25, 0.3) is 11.8 Å². The standard InChI is InChI=1S/C25H29N3O5/c1-3-33-20-9-7-18(8-10-20)22-23(26-19-5-4-6-21(17-19)31-2)25(30)28(24(22)29)12-11-27-13-15-32-16-14-27/h4-10,17,26H,3,11-16H2,1-2H3. The van der Waals surface area contributed by atoms with Crippen LogP contribution in [-0.2, 0) is 14.3 Å². The first kappa shape index (κ1) is 22.8. The van der Waals surface area contributed by atoms with Crippen LogP contribution in [0.5, 0.6) is 11.5 Å². The lowest BCUT2D eigenvalue weighted by molar-refractivity contribution is -0.137. The van der Waals surface area contributed by atoms with E-state index in [0.717, 1.165) is 13.1 Å². The predicted octanol–water partition coefficient (Wildman–Crippen LogP) is 2.62. The third-order valence-electron chi connectivity index (χ3n) is 5.70. The van der Waals surface area contributed by atoms with Gasteiger partial charge in [-0.25, -0.2) is 0 Å². The molecule has 2 heterocycles. The number of benzene rings is 2. The van der Waals surface area contributed by atoms with Crippen molar-refractivity contribution in [2.24, 2.45) is 0 Å². The molecule has 1 fully saturated rings. The van der Waals surface area contributed by atoms with Crippen LogP contribution >= 0.6 is 0 Å². The largest absolute Gasteiger partial charge is 0.497 e. The molecule has 8 heteroatoms. The minimum atomic E-state index is -0.333. The van der Waals surface area contributed by atoms with Gasteiger partial charge in [0, 0.05) is 37.9 Å². The van der Waals surface area contributed by atoms with Gasteiger partial charge in [0.05, 0.1) is 32.5 Å². The highest BCUT2D eigenvalue weighted by atomic mass is 16.5. The average Bonchev–Trinajstić information content (AvgIpc) is 3.08. The lowest BCUT2D eigenvalue weighted by Crippen LogP contribution is -2.43. The van der Waals surface area contributed by atoms with Crippen LogP contribution in [0.2, 0.25) is 0 Å². The summed E-state index contributed by atoms with van der Waals surface area (Å²) in [5.74, 6) is 0.733. The maximum absolute atomic E-state index is 13.4. The molecule has 0 unspecified atom stereocenters. The second-order valence-corrected chi connectivity index (χ2v) is 7.78. The van der Waals surface area contributed by atoms with Crippen molar-refractivity contribution in [3.63, 3.8) is 0 Å². The molecule has 8 nitrogen and oxygen atoms in total. The quantitative estimate of drug-likeness (QED) is 0.587. The Labute approximate surface area is 193 Å². The Morgan fingerprint density at radius 1 is 0.970 bits per heavy atom. The highest BCUT2D eigenvalue weighted by Gasteiger charge is 2.39. The maximum Gasteiger partial charge on any atom is 0.278 e. The molecule has 174 valence electrons. The van der Waals surface area contributed by atoms with Crippen LogP contribution in [-0.4, -0.2) is 74.7 Å². The van der Waals surface area contributed by atoms with E-state index in [0.29, 0.717) is 61.2 Å². The molecular formula is C25H29N3O5. The second-order valence-electron chi connectivity index (χ2n) is 7.78. The van der Waals surface area contributed by atoms with Crippen LogP contribution < -0.4 is 14.8 Å². The fraction of sp³-hybridized carbons (Fsp3) is 0.360. The van der Waals surface area contributed by atoms with E-state index in [1.54, 1.807) is 13.2 Å². The number of carbonyl (C=O) groups excluding carboxylic acids is 2. The summed E-state index contributed by atoms with van der Waals surface area (Å²) >= 11 is 0. The summed E-state index contributed by atoms with van der Waals surface area (Å²) in [6, 6.07) is 14.5. The normalized spacial score (nSPS) is 17.0. The van der Waals surface area contributed by atoms with E-state index in [2.05, 4.69) is 10.2 Å². The summed E-state index contributed by atoms with van der Waals surface area (Å²) in [5, 5.41) is 3.17. The van der Waals surface area contributed by atoms with Gasteiger partial charge in [0.15, 0.2) is 0 Å². The van der Waals surface area contributed by atoms with Crippen molar-refractivity contribution in [2.75, 3.05) is 58.4 Å². The van der Waals surface area contributed by atoms with E-state index in [1.165, 1.54) is 4.90 Å². The highest BCUT2D eigenvalue weighted by Crippen LogP contribution is 2.32. The first-order chi connectivity index (χ1) is 16.1. The Morgan fingerprint density at radius 2 is 1.73 bits per heavy atom. The molecule has 2 aliphatic rings. The summed E-state index contributed by atoms with van der Waals surface area (Å²) in [6.45, 7) is 6.33. The van der Waals surface area contributed by atoms with Crippen LogP contribution in [0.4, 0.5) is 5.69 Å². The molecular weight excluding hydrogens is 422 g/mol. The minimum absolute atomic E-state index is 0.263. The van der Waals surface area contributed by atoms with Crippen molar-refractivity contribution >= 4 is 23.1 Å². The van der Waals surface area contributed by atoms with E-state index < -0.39 is 0 Å². The van der Waals surface area contributed by atoms with Gasteiger partial charge in [-0.1, -0.05) is 18.2 Å². The molecule has 2 aliphatic heterocycles. The van der Waals surface area contributed by atoms with E-state index >= 15 is 0 Å². The van der Waals surface area contributed by atoms with E-state index in [-0.39, 0.29) is 17.5 Å². The molecule has 0 spiro atoms. The van der Waals surface area contributed by atoms with Gasteiger partial charge in [0.1, 0.15) is 17.2 Å². The zero-order valence-corrected chi connectivity index (χ0v) is 19.0. The van der Waals surface area contributed by atoms with Crippen LogP contribution in [0.3, 0.4) is 0 Å². The molecule has 0 aliphatic carbocycles. The number of imide groups is 1. The number of morpholine rings is 1. The number of hydrogen-bond acceptors (Lipinski definition) is 7. The lowest BCUT2D eigenvalue weighted by atomic mass is 10.0. The molecule has 0 bridgehead atoms. The molecule has 2 aromatic carbocycles. The van der Waals surface area contributed by atoms with Crippen molar-refractivity contribution < 1.29 is 23.8 Å². The highest BCUT2D eigenvalue weighted by molar-refractivity contribution is 6.36. The Kier molecular flexibility index (Phi) is 7.26. The third-order valence-corrected chi connectivity index (χ3v) is 5.70. The van der Waals surface area contributed by atoms with Crippen molar-refractivity contribution in [3.05, 3.63) is 59.8 Å². The number of anilines is 1. The lowest BCUT2D eigenvalue weighted by Gasteiger charge is -2.28. The Morgan fingerprint density at radius 3 is 2.42 bits per heavy atom. The predicted molar refractivity (Wildman–Crippen MR) is 125 cm³/mol. The third kappa shape index (κ3) is 5.18. The molecule has 0 aromatic heterocycles. The van der Waals surface area contributed by atoms with Gasteiger partial charge < -0.3 is 19.5 Å². The number of carbonyl (C=O) groups is 2. The number of nitrogens with zero attached hydrogens (tertiary/aromatic N) is 2. The Bertz CT molecular complexity index is 1030. The molecule has 2 amide bonds. The summed E-state index contributed by atoms with van der Waals surface area (Å²) in [7, 11) is 1.58. The molecule has 0 saturated carbocycles. The first-order valence-electron chi connectivity index (χ1n) is 11.2. The summed E-state index contributed by atoms with van der Waals surface area (Å²) in [4.78, 5) is 30.3. The minimum Gasteiger partial charge on any atom is -0.497 e. The van der Waals surface area contributed by atoms with Crippen molar-refractivity contribution in [1.29, 1.82) is 0 Å². The summed E-state index contributed by atoms with van der Waals surface area (Å²) in [5.41, 5.74) is 1.95. The van der Waals surface area contributed by atoms with Crippen LogP contribution in [0.25, 0.3) is 5.57 Å². The van der Waals surface area contributed by atoms with E-state index in [1.807, 2.05) is 49.4 Å². The van der Waals surface area contributed by atoms with Crippen molar-refractivity contribution in [2.45, 2.75) is 6.92 Å². The molecule has 2 aromatic rings. The van der Waals surface area contributed by atoms with Crippen LogP contribution in [0, 0.1) is 0 Å². The summed E-state index contributed by atoms with van der Waals surface area (Å²) < 4.78 is 16.2.